The minimum absolute atomic E-state index is 0.0150. The van der Waals surface area contributed by atoms with Gasteiger partial charge in [0, 0.05) is 30.7 Å². The summed E-state index contributed by atoms with van der Waals surface area (Å²) in [5.41, 5.74) is 0.101. The summed E-state index contributed by atoms with van der Waals surface area (Å²) in [6.07, 6.45) is 21.3. The topological polar surface area (TPSA) is 108 Å². The molecule has 1 N–H and O–H groups in total. The molecule has 9 nitrogen and oxygen atoms in total. The molecule has 4 saturated carbocycles. The molecular weight excluding hydrogens is 616 g/mol. The maximum absolute atomic E-state index is 13.3. The van der Waals surface area contributed by atoms with Crippen LogP contribution in [0.2, 0.25) is 0 Å². The Labute approximate surface area is 297 Å². The van der Waals surface area contributed by atoms with Gasteiger partial charge in [-0.15, -0.1) is 0 Å². The van der Waals surface area contributed by atoms with Gasteiger partial charge in [-0.1, -0.05) is 88.0 Å². The second-order valence-electron chi connectivity index (χ2n) is 14.5. The van der Waals surface area contributed by atoms with E-state index in [9.17, 15) is 14.7 Å². The second-order valence-corrected chi connectivity index (χ2v) is 14.5. The second kappa shape index (κ2) is 19.1. The van der Waals surface area contributed by atoms with E-state index < -0.39 is 12.2 Å². The van der Waals surface area contributed by atoms with E-state index in [4.69, 9.17) is 9.47 Å². The number of aromatic nitrogens is 4. The van der Waals surface area contributed by atoms with Crippen LogP contribution in [-0.2, 0) is 9.47 Å². The van der Waals surface area contributed by atoms with Crippen molar-refractivity contribution in [1.29, 1.82) is 0 Å². The van der Waals surface area contributed by atoms with E-state index in [0.29, 0.717) is 30.1 Å². The van der Waals surface area contributed by atoms with E-state index in [-0.39, 0.29) is 35.1 Å². The van der Waals surface area contributed by atoms with Crippen LogP contribution < -0.4 is 0 Å². The molecule has 0 bridgehead atoms. The number of carbonyl (C=O) groups is 2. The highest BCUT2D eigenvalue weighted by Gasteiger charge is 2.63. The Kier molecular flexibility index (Phi) is 15.9. The van der Waals surface area contributed by atoms with Gasteiger partial charge >= 0.3 is 12.2 Å². The molecule has 0 radical (unpaired) electrons. The molecule has 0 aromatic carbocycles. The average Bonchev–Trinajstić information content (AvgIpc) is 3.92. The van der Waals surface area contributed by atoms with Gasteiger partial charge in [-0.05, 0) is 92.3 Å². The van der Waals surface area contributed by atoms with Crippen molar-refractivity contribution < 1.29 is 24.2 Å². The zero-order chi connectivity index (χ0) is 36.2. The number of hydrogen-bond donors (Lipinski definition) is 1. The summed E-state index contributed by atoms with van der Waals surface area (Å²) in [7, 11) is 0. The SMILES string of the molecule is CC.CC.CC.CCCCCCC(O)C1CCC2C3C[C@H](OC(=O)n4ccnc4)C4CC(OC(=O)n5ccnc5)CCC4(C)[C@H]3CCC12C. The van der Waals surface area contributed by atoms with Gasteiger partial charge in [0.05, 0.1) is 6.10 Å². The van der Waals surface area contributed by atoms with Gasteiger partial charge in [0.15, 0.2) is 0 Å². The number of imidazole rings is 2. The summed E-state index contributed by atoms with van der Waals surface area (Å²) in [6.45, 7) is 19.1. The lowest BCUT2D eigenvalue weighted by molar-refractivity contribution is -0.174. The highest BCUT2D eigenvalue weighted by atomic mass is 16.6. The molecule has 4 aliphatic carbocycles. The number of fused-ring (bicyclic) bond motifs is 5. The molecule has 4 aliphatic rings. The lowest BCUT2D eigenvalue weighted by Crippen LogP contribution is -2.59. The van der Waals surface area contributed by atoms with Gasteiger partial charge in [0.2, 0.25) is 0 Å². The smallest absolute Gasteiger partial charge is 0.419 e. The fourth-order valence-electron chi connectivity index (χ4n) is 10.3. The van der Waals surface area contributed by atoms with Crippen LogP contribution in [0.5, 0.6) is 0 Å². The molecule has 6 rings (SSSR count). The van der Waals surface area contributed by atoms with Crippen molar-refractivity contribution in [1.82, 2.24) is 19.1 Å². The summed E-state index contributed by atoms with van der Waals surface area (Å²) in [4.78, 5) is 34.1. The van der Waals surface area contributed by atoms with Crippen LogP contribution in [0.3, 0.4) is 0 Å². The Morgan fingerprint density at radius 3 is 1.96 bits per heavy atom. The van der Waals surface area contributed by atoms with Crippen molar-refractivity contribution in [3.8, 4) is 0 Å². The summed E-state index contributed by atoms with van der Waals surface area (Å²) in [5, 5.41) is 11.4. The quantitative estimate of drug-likeness (QED) is 0.276. The Bertz CT molecular complexity index is 1240. The summed E-state index contributed by atoms with van der Waals surface area (Å²) in [6, 6.07) is 0. The molecule has 4 fully saturated rings. The van der Waals surface area contributed by atoms with Crippen molar-refractivity contribution in [3.05, 3.63) is 37.4 Å². The van der Waals surface area contributed by atoms with Gasteiger partial charge in [-0.3, -0.25) is 0 Å². The average molecular weight is 685 g/mol. The van der Waals surface area contributed by atoms with Crippen LogP contribution in [0.25, 0.3) is 0 Å². The summed E-state index contributed by atoms with van der Waals surface area (Å²) >= 11 is 0. The van der Waals surface area contributed by atoms with Crippen molar-refractivity contribution >= 4 is 12.2 Å². The fourth-order valence-corrected chi connectivity index (χ4v) is 10.3. The first kappa shape index (κ1) is 40.7. The van der Waals surface area contributed by atoms with Crippen LogP contribution in [0.1, 0.15) is 146 Å². The number of ether oxygens (including phenoxy) is 2. The number of carbonyl (C=O) groups excluding carboxylic acids is 2. The van der Waals surface area contributed by atoms with E-state index in [1.54, 1.807) is 24.8 Å². The number of hydrogen-bond acceptors (Lipinski definition) is 7. The number of nitrogens with zero attached hydrogens (tertiary/aromatic N) is 4. The molecule has 0 spiro atoms. The van der Waals surface area contributed by atoms with E-state index in [1.807, 2.05) is 41.5 Å². The van der Waals surface area contributed by atoms with Gasteiger partial charge in [-0.2, -0.15) is 0 Å². The highest BCUT2D eigenvalue weighted by Crippen LogP contribution is 2.68. The Morgan fingerprint density at radius 2 is 1.37 bits per heavy atom. The first-order chi connectivity index (χ1) is 23.7. The van der Waals surface area contributed by atoms with Crippen LogP contribution in [0, 0.1) is 40.4 Å². The van der Waals surface area contributed by atoms with Crippen LogP contribution >= 0.6 is 0 Å². The molecule has 278 valence electrons. The predicted octanol–water partition coefficient (Wildman–Crippen LogP) is 10.2. The van der Waals surface area contributed by atoms with E-state index >= 15 is 0 Å². The van der Waals surface area contributed by atoms with Gasteiger partial charge in [-0.25, -0.2) is 28.7 Å². The molecule has 49 heavy (non-hydrogen) atoms. The largest absolute Gasteiger partial charge is 0.446 e. The van der Waals surface area contributed by atoms with Crippen molar-refractivity contribution in [2.24, 2.45) is 40.4 Å². The predicted molar refractivity (Wildman–Crippen MR) is 195 cm³/mol. The Morgan fingerprint density at radius 1 is 0.776 bits per heavy atom. The maximum Gasteiger partial charge on any atom is 0.419 e. The maximum atomic E-state index is 13.3. The highest BCUT2D eigenvalue weighted by molar-refractivity contribution is 5.70. The normalized spacial score (nSPS) is 33.3. The van der Waals surface area contributed by atoms with Crippen molar-refractivity contribution in [3.63, 3.8) is 0 Å². The van der Waals surface area contributed by atoms with Crippen LogP contribution in [-0.4, -0.2) is 54.7 Å². The zero-order valence-corrected chi connectivity index (χ0v) is 32.1. The van der Waals surface area contributed by atoms with E-state index in [1.165, 1.54) is 41.1 Å². The molecule has 0 aliphatic heterocycles. The van der Waals surface area contributed by atoms with Crippen LogP contribution in [0.15, 0.2) is 37.4 Å². The third-order valence-electron chi connectivity index (χ3n) is 12.4. The third-order valence-corrected chi connectivity index (χ3v) is 12.4. The first-order valence-corrected chi connectivity index (χ1v) is 19.8. The molecule has 2 heterocycles. The summed E-state index contributed by atoms with van der Waals surface area (Å²) in [5.74, 6) is 1.94. The zero-order valence-electron chi connectivity index (χ0n) is 32.1. The molecule has 8 unspecified atom stereocenters. The minimum Gasteiger partial charge on any atom is -0.446 e. The number of unbranched alkanes of at least 4 members (excludes halogenated alkanes) is 3. The van der Waals surface area contributed by atoms with Gasteiger partial charge in [0.1, 0.15) is 24.9 Å². The number of aliphatic hydroxyl groups excluding tert-OH is 1. The van der Waals surface area contributed by atoms with Gasteiger partial charge < -0.3 is 14.6 Å². The molecule has 0 saturated heterocycles. The summed E-state index contributed by atoms with van der Waals surface area (Å²) < 4.78 is 15.1. The van der Waals surface area contributed by atoms with Crippen molar-refractivity contribution in [2.45, 2.75) is 164 Å². The molecule has 2 aromatic rings. The fraction of sp³-hybridized carbons (Fsp3) is 0.800. The van der Waals surface area contributed by atoms with Crippen LogP contribution in [0.4, 0.5) is 9.59 Å². The molecule has 0 amide bonds. The Balaban J connectivity index is 0.00000103. The Hall–Kier alpha value is -2.68. The molecule has 9 heteroatoms. The number of aliphatic hydroxyl groups is 1. The van der Waals surface area contributed by atoms with E-state index in [0.717, 1.165) is 57.8 Å². The van der Waals surface area contributed by atoms with E-state index in [2.05, 4.69) is 30.7 Å². The standard InChI is InChI=1S/C34H50N4O5.3C2H6/c1-4-5-6-7-8-29(39)27-10-9-25-24-20-30(43-32(41)38-18-16-36-22-38)28-19-23(42-31(40)37-17-15-35-21-37)11-13-34(28,3)26(24)12-14-33(25,27)2;3*1-2/h15-18,21-30,39H,4-14,19-20H2,1-3H3;3*1-2H3/t23?,24?,25?,26-,27?,28?,29?,30-,33?,34?;;;/m0.../s1. The lowest BCUT2D eigenvalue weighted by atomic mass is 9.44. The number of rotatable bonds is 8. The lowest BCUT2D eigenvalue weighted by Gasteiger charge is -2.62. The molecule has 2 aromatic heterocycles. The van der Waals surface area contributed by atoms with Crippen molar-refractivity contribution in [2.75, 3.05) is 0 Å². The molecular formula is C40H68N4O5. The molecule has 10 atom stereocenters. The first-order valence-electron chi connectivity index (χ1n) is 19.8. The monoisotopic (exact) mass is 685 g/mol. The van der Waals surface area contributed by atoms with Gasteiger partial charge in [0.25, 0.3) is 0 Å². The minimum atomic E-state index is -0.412. The third kappa shape index (κ3) is 8.80.